The van der Waals surface area contributed by atoms with Crippen LogP contribution in [0, 0.1) is 11.8 Å². The van der Waals surface area contributed by atoms with E-state index in [2.05, 4.69) is 6.07 Å². The molecule has 1 heterocycles. The van der Waals surface area contributed by atoms with E-state index in [-0.39, 0.29) is 23.7 Å². The molecule has 2 unspecified atom stereocenters. The Hall–Kier alpha value is -2.62. The lowest BCUT2D eigenvalue weighted by Gasteiger charge is -2.35. The molecule has 0 aromatic heterocycles. The molecule has 1 aliphatic heterocycles. The van der Waals surface area contributed by atoms with E-state index in [1.165, 1.54) is 5.56 Å². The van der Waals surface area contributed by atoms with Crippen LogP contribution in [0.5, 0.6) is 0 Å². The van der Waals surface area contributed by atoms with Gasteiger partial charge in [-0.15, -0.1) is 0 Å². The molecule has 28 heavy (non-hydrogen) atoms. The van der Waals surface area contributed by atoms with Crippen LogP contribution in [0.4, 0.5) is 5.69 Å². The standard InChI is InChI=1S/C24H28N2O2/c1-25(17-18-9-3-2-4-10-18)23(27)20-12-6-7-13-21(20)24(28)26-16-15-19-11-5-8-14-22(19)26/h2-5,8-11,14,20-21H,6-7,12-13,15-17H2,1H3. The molecule has 2 aromatic rings. The molecule has 0 radical (unpaired) electrons. The molecule has 1 aliphatic carbocycles. The van der Waals surface area contributed by atoms with E-state index in [9.17, 15) is 9.59 Å². The van der Waals surface area contributed by atoms with Crippen molar-refractivity contribution in [3.63, 3.8) is 0 Å². The number of rotatable bonds is 4. The van der Waals surface area contributed by atoms with Crippen LogP contribution in [0.25, 0.3) is 0 Å². The highest BCUT2D eigenvalue weighted by Gasteiger charge is 2.40. The second-order valence-corrected chi connectivity index (χ2v) is 8.05. The molecule has 2 aliphatic rings. The van der Waals surface area contributed by atoms with Crippen LogP contribution in [0.3, 0.4) is 0 Å². The number of carbonyl (C=O) groups is 2. The molecular weight excluding hydrogens is 348 g/mol. The zero-order valence-electron chi connectivity index (χ0n) is 16.5. The molecule has 0 saturated heterocycles. The molecule has 4 heteroatoms. The lowest BCUT2D eigenvalue weighted by Crippen LogP contribution is -2.45. The van der Waals surface area contributed by atoms with Gasteiger partial charge in [-0.25, -0.2) is 0 Å². The Labute approximate surface area is 167 Å². The summed E-state index contributed by atoms with van der Waals surface area (Å²) in [6, 6.07) is 18.2. The molecule has 1 fully saturated rings. The number of carbonyl (C=O) groups excluding carboxylic acids is 2. The average molecular weight is 377 g/mol. The van der Waals surface area contributed by atoms with Gasteiger partial charge in [0.1, 0.15) is 0 Å². The van der Waals surface area contributed by atoms with Gasteiger partial charge >= 0.3 is 0 Å². The second-order valence-electron chi connectivity index (χ2n) is 8.05. The summed E-state index contributed by atoms with van der Waals surface area (Å²) in [5.74, 6) is -0.168. The first-order valence-corrected chi connectivity index (χ1v) is 10.3. The Morgan fingerprint density at radius 2 is 1.64 bits per heavy atom. The topological polar surface area (TPSA) is 40.6 Å². The average Bonchev–Trinajstić information content (AvgIpc) is 3.17. The number of fused-ring (bicyclic) bond motifs is 1. The predicted molar refractivity (Wildman–Crippen MR) is 111 cm³/mol. The predicted octanol–water partition coefficient (Wildman–Crippen LogP) is 4.04. The molecule has 0 N–H and O–H groups in total. The van der Waals surface area contributed by atoms with Crippen molar-refractivity contribution in [2.75, 3.05) is 18.5 Å². The van der Waals surface area contributed by atoms with Crippen molar-refractivity contribution >= 4 is 17.5 Å². The van der Waals surface area contributed by atoms with Crippen LogP contribution in [0.1, 0.15) is 36.8 Å². The first kappa shape index (κ1) is 18.7. The molecule has 0 spiro atoms. The number of hydrogen-bond acceptors (Lipinski definition) is 2. The summed E-state index contributed by atoms with van der Waals surface area (Å²) < 4.78 is 0. The van der Waals surface area contributed by atoms with Crippen LogP contribution in [-0.4, -0.2) is 30.3 Å². The summed E-state index contributed by atoms with van der Waals surface area (Å²) in [5.41, 5.74) is 3.38. The minimum absolute atomic E-state index is 0.106. The van der Waals surface area contributed by atoms with Crippen molar-refractivity contribution in [3.8, 4) is 0 Å². The van der Waals surface area contributed by atoms with Gasteiger partial charge in [-0.05, 0) is 36.5 Å². The summed E-state index contributed by atoms with van der Waals surface area (Å²) in [5, 5.41) is 0. The molecule has 2 atom stereocenters. The highest BCUT2D eigenvalue weighted by atomic mass is 16.2. The summed E-state index contributed by atoms with van der Waals surface area (Å²) in [7, 11) is 1.86. The van der Waals surface area contributed by atoms with E-state index >= 15 is 0 Å². The fourth-order valence-electron chi connectivity index (χ4n) is 4.71. The van der Waals surface area contributed by atoms with E-state index in [1.807, 2.05) is 60.5 Å². The largest absolute Gasteiger partial charge is 0.341 e. The quantitative estimate of drug-likeness (QED) is 0.808. The summed E-state index contributed by atoms with van der Waals surface area (Å²) in [4.78, 5) is 30.4. The minimum atomic E-state index is -0.206. The van der Waals surface area contributed by atoms with Gasteiger partial charge < -0.3 is 9.80 Å². The number of amides is 2. The lowest BCUT2D eigenvalue weighted by atomic mass is 9.77. The Morgan fingerprint density at radius 3 is 2.43 bits per heavy atom. The first-order valence-electron chi connectivity index (χ1n) is 10.3. The zero-order chi connectivity index (χ0) is 19.5. The van der Waals surface area contributed by atoms with Crippen LogP contribution < -0.4 is 4.90 Å². The van der Waals surface area contributed by atoms with Crippen molar-refractivity contribution in [3.05, 3.63) is 65.7 Å². The fourth-order valence-corrected chi connectivity index (χ4v) is 4.71. The van der Waals surface area contributed by atoms with E-state index in [4.69, 9.17) is 0 Å². The maximum atomic E-state index is 13.4. The van der Waals surface area contributed by atoms with Gasteiger partial charge in [-0.3, -0.25) is 9.59 Å². The number of anilines is 1. The van der Waals surface area contributed by atoms with Gasteiger partial charge in [0.25, 0.3) is 0 Å². The summed E-state index contributed by atoms with van der Waals surface area (Å²) in [6.45, 7) is 1.32. The van der Waals surface area contributed by atoms with Gasteiger partial charge in [-0.2, -0.15) is 0 Å². The highest BCUT2D eigenvalue weighted by Crippen LogP contribution is 2.36. The minimum Gasteiger partial charge on any atom is -0.341 e. The third kappa shape index (κ3) is 3.68. The zero-order valence-corrected chi connectivity index (χ0v) is 16.5. The number of para-hydroxylation sites is 1. The Morgan fingerprint density at radius 1 is 0.964 bits per heavy atom. The molecule has 0 bridgehead atoms. The van der Waals surface area contributed by atoms with Gasteiger partial charge in [0.15, 0.2) is 0 Å². The molecule has 4 nitrogen and oxygen atoms in total. The van der Waals surface area contributed by atoms with E-state index < -0.39 is 0 Å². The fraction of sp³-hybridized carbons (Fsp3) is 0.417. The smallest absolute Gasteiger partial charge is 0.230 e. The first-order chi connectivity index (χ1) is 13.6. The number of benzene rings is 2. The van der Waals surface area contributed by atoms with Crippen molar-refractivity contribution in [2.45, 2.75) is 38.6 Å². The maximum Gasteiger partial charge on any atom is 0.230 e. The number of hydrogen-bond donors (Lipinski definition) is 0. The van der Waals surface area contributed by atoms with Gasteiger partial charge in [0.2, 0.25) is 11.8 Å². The van der Waals surface area contributed by atoms with E-state index in [1.54, 1.807) is 4.90 Å². The summed E-state index contributed by atoms with van der Waals surface area (Å²) in [6.07, 6.45) is 4.58. The van der Waals surface area contributed by atoms with E-state index in [0.29, 0.717) is 6.54 Å². The molecule has 1 saturated carbocycles. The highest BCUT2D eigenvalue weighted by molar-refractivity contribution is 5.99. The molecule has 146 valence electrons. The van der Waals surface area contributed by atoms with Gasteiger partial charge in [-0.1, -0.05) is 61.4 Å². The Balaban J connectivity index is 1.50. The SMILES string of the molecule is CN(Cc1ccccc1)C(=O)C1CCCCC1C(=O)N1CCc2ccccc21. The molecule has 4 rings (SSSR count). The molecule has 2 aromatic carbocycles. The Bertz CT molecular complexity index is 849. The van der Waals surface area contributed by atoms with Crippen molar-refractivity contribution < 1.29 is 9.59 Å². The third-order valence-electron chi connectivity index (χ3n) is 6.19. The van der Waals surface area contributed by atoms with Gasteiger partial charge in [0.05, 0.1) is 5.92 Å². The molecular formula is C24H28N2O2. The molecule has 2 amide bonds. The van der Waals surface area contributed by atoms with Crippen molar-refractivity contribution in [1.29, 1.82) is 0 Å². The second kappa shape index (κ2) is 8.17. The van der Waals surface area contributed by atoms with Crippen LogP contribution >= 0.6 is 0 Å². The van der Waals surface area contributed by atoms with Crippen molar-refractivity contribution in [1.82, 2.24) is 4.90 Å². The third-order valence-corrected chi connectivity index (χ3v) is 6.19. The number of nitrogens with zero attached hydrogens (tertiary/aromatic N) is 2. The normalized spacial score (nSPS) is 21.2. The van der Waals surface area contributed by atoms with Crippen LogP contribution in [0.15, 0.2) is 54.6 Å². The maximum absolute atomic E-state index is 13.4. The van der Waals surface area contributed by atoms with Gasteiger partial charge in [0, 0.05) is 31.7 Å². The summed E-state index contributed by atoms with van der Waals surface area (Å²) >= 11 is 0. The van der Waals surface area contributed by atoms with Crippen molar-refractivity contribution in [2.24, 2.45) is 11.8 Å². The van der Waals surface area contributed by atoms with Crippen LogP contribution in [0.2, 0.25) is 0 Å². The monoisotopic (exact) mass is 376 g/mol. The van der Waals surface area contributed by atoms with E-state index in [0.717, 1.165) is 49.9 Å². The van der Waals surface area contributed by atoms with Crippen LogP contribution in [-0.2, 0) is 22.6 Å². The lowest BCUT2D eigenvalue weighted by molar-refractivity contribution is -0.142. The Kier molecular flexibility index (Phi) is 5.47.